The number of hydrogen-bond donors (Lipinski definition) is 1. The van der Waals surface area contributed by atoms with Crippen LogP contribution in [0.3, 0.4) is 0 Å². The van der Waals surface area contributed by atoms with Crippen molar-refractivity contribution in [2.75, 3.05) is 25.2 Å². The molecule has 0 aliphatic rings. The Morgan fingerprint density at radius 1 is 1.35 bits per heavy atom. The molecule has 0 saturated heterocycles. The fourth-order valence-corrected chi connectivity index (χ4v) is 1.94. The summed E-state index contributed by atoms with van der Waals surface area (Å²) in [4.78, 5) is 13.3. The smallest absolute Gasteiger partial charge is 0.341 e. The lowest BCUT2D eigenvalue weighted by Gasteiger charge is -2.22. The zero-order valence-electron chi connectivity index (χ0n) is 11.3. The first-order valence-electron chi connectivity index (χ1n) is 6.31. The van der Waals surface area contributed by atoms with Crippen molar-refractivity contribution in [2.24, 2.45) is 0 Å². The van der Waals surface area contributed by atoms with Crippen molar-refractivity contribution in [1.82, 2.24) is 0 Å². The van der Waals surface area contributed by atoms with E-state index in [2.05, 4.69) is 4.74 Å². The van der Waals surface area contributed by atoms with Gasteiger partial charge in [-0.15, -0.1) is 0 Å². The van der Waals surface area contributed by atoms with Crippen LogP contribution in [-0.4, -0.2) is 31.3 Å². The van der Waals surface area contributed by atoms with Crippen LogP contribution < -0.4 is 4.90 Å². The van der Waals surface area contributed by atoms with Crippen molar-refractivity contribution < 1.29 is 19.1 Å². The lowest BCUT2D eigenvalue weighted by Crippen LogP contribution is -2.25. The normalized spacial score (nSPS) is 10.3. The van der Waals surface area contributed by atoms with Gasteiger partial charge < -0.3 is 19.2 Å². The van der Waals surface area contributed by atoms with Gasteiger partial charge in [0.1, 0.15) is 12.0 Å². The molecule has 2 aromatic rings. The van der Waals surface area contributed by atoms with Gasteiger partial charge in [-0.1, -0.05) is 18.2 Å². The summed E-state index contributed by atoms with van der Waals surface area (Å²) in [7, 11) is 1.33. The van der Waals surface area contributed by atoms with Crippen molar-refractivity contribution in [3.63, 3.8) is 0 Å². The van der Waals surface area contributed by atoms with Gasteiger partial charge in [-0.3, -0.25) is 0 Å². The summed E-state index contributed by atoms with van der Waals surface area (Å²) >= 11 is 0. The van der Waals surface area contributed by atoms with E-state index in [1.54, 1.807) is 6.07 Å². The van der Waals surface area contributed by atoms with Gasteiger partial charge in [-0.05, 0) is 18.2 Å². The Bertz CT molecular complexity index is 550. The number of nitrogens with zero attached hydrogens (tertiary/aromatic N) is 1. The molecule has 2 rings (SSSR count). The summed E-state index contributed by atoms with van der Waals surface area (Å²) in [6.45, 7) is 0.999. The number of anilines is 1. The zero-order valence-corrected chi connectivity index (χ0v) is 11.3. The maximum absolute atomic E-state index is 11.4. The highest BCUT2D eigenvalue weighted by Gasteiger charge is 2.13. The summed E-state index contributed by atoms with van der Waals surface area (Å²) in [5.74, 6) is 0.219. The van der Waals surface area contributed by atoms with Gasteiger partial charge in [0.25, 0.3) is 0 Å². The van der Waals surface area contributed by atoms with E-state index in [4.69, 9.17) is 9.52 Å². The number of methoxy groups -OCH3 is 1. The SMILES string of the molecule is COC(=O)c1coc(CN(CCO)c2ccccc2)c1. The van der Waals surface area contributed by atoms with Gasteiger partial charge in [0.2, 0.25) is 0 Å². The van der Waals surface area contributed by atoms with Crippen molar-refractivity contribution in [2.45, 2.75) is 6.54 Å². The number of rotatable bonds is 6. The van der Waals surface area contributed by atoms with Gasteiger partial charge >= 0.3 is 5.97 Å². The van der Waals surface area contributed by atoms with Gasteiger partial charge in [-0.2, -0.15) is 0 Å². The molecule has 0 fully saturated rings. The maximum atomic E-state index is 11.4. The van der Waals surface area contributed by atoms with Gasteiger partial charge in [0.15, 0.2) is 0 Å². The van der Waals surface area contributed by atoms with Crippen LogP contribution >= 0.6 is 0 Å². The molecule has 20 heavy (non-hydrogen) atoms. The average molecular weight is 275 g/mol. The topological polar surface area (TPSA) is 62.9 Å². The number of furan rings is 1. The highest BCUT2D eigenvalue weighted by molar-refractivity contribution is 5.89. The van der Waals surface area contributed by atoms with Crippen LogP contribution in [0.4, 0.5) is 5.69 Å². The molecule has 1 aromatic carbocycles. The van der Waals surface area contributed by atoms with Crippen LogP contribution in [0.5, 0.6) is 0 Å². The van der Waals surface area contributed by atoms with Crippen molar-refractivity contribution in [1.29, 1.82) is 0 Å². The van der Waals surface area contributed by atoms with E-state index in [9.17, 15) is 4.79 Å². The second kappa shape index (κ2) is 6.77. The quantitative estimate of drug-likeness (QED) is 0.818. The average Bonchev–Trinajstić information content (AvgIpc) is 2.95. The van der Waals surface area contributed by atoms with Crippen LogP contribution in [0.15, 0.2) is 47.1 Å². The molecule has 0 unspecified atom stereocenters. The molecule has 1 aromatic heterocycles. The number of esters is 1. The van der Waals surface area contributed by atoms with Gasteiger partial charge in [-0.25, -0.2) is 4.79 Å². The molecule has 0 spiro atoms. The second-order valence-electron chi connectivity index (χ2n) is 4.27. The van der Waals surface area contributed by atoms with E-state index in [0.29, 0.717) is 24.4 Å². The van der Waals surface area contributed by atoms with Crippen LogP contribution in [-0.2, 0) is 11.3 Å². The predicted molar refractivity (Wildman–Crippen MR) is 74.6 cm³/mol. The highest BCUT2D eigenvalue weighted by Crippen LogP contribution is 2.18. The molecular formula is C15H17NO4. The number of carbonyl (C=O) groups excluding carboxylic acids is 1. The number of aliphatic hydroxyl groups excluding tert-OH is 1. The lowest BCUT2D eigenvalue weighted by molar-refractivity contribution is 0.0600. The second-order valence-corrected chi connectivity index (χ2v) is 4.27. The molecule has 0 radical (unpaired) electrons. The Hall–Kier alpha value is -2.27. The number of aliphatic hydroxyl groups is 1. The Morgan fingerprint density at radius 2 is 2.10 bits per heavy atom. The van der Waals surface area contributed by atoms with E-state index < -0.39 is 5.97 Å². The zero-order chi connectivity index (χ0) is 14.4. The van der Waals surface area contributed by atoms with E-state index in [1.165, 1.54) is 13.4 Å². The molecule has 0 bridgehead atoms. The van der Waals surface area contributed by atoms with E-state index in [-0.39, 0.29) is 6.61 Å². The van der Waals surface area contributed by atoms with E-state index in [1.807, 2.05) is 35.2 Å². The minimum atomic E-state index is -0.423. The lowest BCUT2D eigenvalue weighted by atomic mass is 10.2. The molecule has 0 saturated carbocycles. The molecule has 0 aliphatic carbocycles. The van der Waals surface area contributed by atoms with Crippen LogP contribution in [0.1, 0.15) is 16.1 Å². The molecule has 5 heteroatoms. The highest BCUT2D eigenvalue weighted by atomic mass is 16.5. The molecule has 0 atom stereocenters. The number of hydrogen-bond acceptors (Lipinski definition) is 5. The number of ether oxygens (including phenoxy) is 1. The van der Waals surface area contributed by atoms with Gasteiger partial charge in [0, 0.05) is 12.2 Å². The summed E-state index contributed by atoms with van der Waals surface area (Å²) in [5, 5.41) is 9.16. The van der Waals surface area contributed by atoms with Crippen LogP contribution in [0.2, 0.25) is 0 Å². The summed E-state index contributed by atoms with van der Waals surface area (Å²) in [6.07, 6.45) is 1.38. The monoisotopic (exact) mass is 275 g/mol. The first-order valence-corrected chi connectivity index (χ1v) is 6.31. The largest absolute Gasteiger partial charge is 0.467 e. The minimum absolute atomic E-state index is 0.0411. The molecule has 0 aliphatic heterocycles. The molecule has 0 amide bonds. The molecular weight excluding hydrogens is 258 g/mol. The molecule has 5 nitrogen and oxygen atoms in total. The molecule has 1 N–H and O–H groups in total. The van der Waals surface area contributed by atoms with E-state index >= 15 is 0 Å². The molecule has 1 heterocycles. The fourth-order valence-electron chi connectivity index (χ4n) is 1.94. The van der Waals surface area contributed by atoms with Crippen molar-refractivity contribution in [3.8, 4) is 0 Å². The maximum Gasteiger partial charge on any atom is 0.341 e. The number of para-hydroxylation sites is 1. The summed E-state index contributed by atoms with van der Waals surface area (Å²) in [5.41, 5.74) is 1.37. The fraction of sp³-hybridized carbons (Fsp3) is 0.267. The Morgan fingerprint density at radius 3 is 2.75 bits per heavy atom. The van der Waals surface area contributed by atoms with E-state index in [0.717, 1.165) is 5.69 Å². The standard InChI is InChI=1S/C15H17NO4/c1-19-15(18)12-9-14(20-11-12)10-16(7-8-17)13-5-3-2-4-6-13/h2-6,9,11,17H,7-8,10H2,1H3. The third-order valence-corrected chi connectivity index (χ3v) is 2.91. The Balaban J connectivity index is 2.12. The summed E-state index contributed by atoms with van der Waals surface area (Å²) in [6, 6.07) is 11.4. The van der Waals surface area contributed by atoms with Crippen LogP contribution in [0, 0.1) is 0 Å². The first-order chi connectivity index (χ1) is 9.74. The van der Waals surface area contributed by atoms with Gasteiger partial charge in [0.05, 0.1) is 25.8 Å². The minimum Gasteiger partial charge on any atom is -0.467 e. The van der Waals surface area contributed by atoms with Crippen LogP contribution in [0.25, 0.3) is 0 Å². The predicted octanol–water partition coefficient (Wildman–Crippen LogP) is 2.07. The Kier molecular flexibility index (Phi) is 4.79. The Labute approximate surface area is 117 Å². The first kappa shape index (κ1) is 14.1. The van der Waals surface area contributed by atoms with Crippen molar-refractivity contribution in [3.05, 3.63) is 54.0 Å². The third-order valence-electron chi connectivity index (χ3n) is 2.91. The summed E-state index contributed by atoms with van der Waals surface area (Å²) < 4.78 is 10.00. The number of carbonyl (C=O) groups is 1. The molecule has 106 valence electrons. The van der Waals surface area contributed by atoms with Crippen molar-refractivity contribution >= 4 is 11.7 Å². The number of benzene rings is 1. The third kappa shape index (κ3) is 3.39.